The smallest absolute Gasteiger partial charge is 0.254 e. The second kappa shape index (κ2) is 10.5. The van der Waals surface area contributed by atoms with E-state index in [1.165, 1.54) is 0 Å². The van der Waals surface area contributed by atoms with Crippen molar-refractivity contribution in [1.29, 1.82) is 0 Å². The molecule has 7 heteroatoms. The van der Waals surface area contributed by atoms with Crippen LogP contribution in [0.2, 0.25) is 0 Å². The third-order valence-corrected chi connectivity index (χ3v) is 7.10. The van der Waals surface area contributed by atoms with Gasteiger partial charge in [-0.05, 0) is 31.0 Å². The van der Waals surface area contributed by atoms with Crippen LogP contribution in [0.1, 0.15) is 28.9 Å². The number of hydrogen-bond donors (Lipinski definition) is 0. The van der Waals surface area contributed by atoms with Crippen LogP contribution in [0.25, 0.3) is 10.6 Å². The topological polar surface area (TPSA) is 54.9 Å². The minimum atomic E-state index is 0.0669. The van der Waals surface area contributed by atoms with Crippen LogP contribution in [-0.2, 0) is 11.3 Å². The van der Waals surface area contributed by atoms with E-state index in [-0.39, 0.29) is 12.0 Å². The van der Waals surface area contributed by atoms with Crippen molar-refractivity contribution in [3.05, 3.63) is 71.2 Å². The average molecular weight is 464 g/mol. The Morgan fingerprint density at radius 3 is 2.73 bits per heavy atom. The van der Waals surface area contributed by atoms with Crippen molar-refractivity contribution in [3.63, 3.8) is 0 Å². The highest BCUT2D eigenvalue weighted by atomic mass is 32.1. The van der Waals surface area contributed by atoms with E-state index in [0.717, 1.165) is 74.2 Å². The molecule has 1 amide bonds. The number of piperazine rings is 1. The van der Waals surface area contributed by atoms with Gasteiger partial charge in [0.25, 0.3) is 5.91 Å². The molecule has 2 aliphatic heterocycles. The van der Waals surface area contributed by atoms with E-state index in [1.54, 1.807) is 11.3 Å². The van der Waals surface area contributed by atoms with Crippen molar-refractivity contribution in [2.24, 2.45) is 0 Å². The maximum atomic E-state index is 13.1. The van der Waals surface area contributed by atoms with Crippen molar-refractivity contribution >= 4 is 17.2 Å². The van der Waals surface area contributed by atoms with Gasteiger partial charge in [0.15, 0.2) is 0 Å². The number of rotatable bonds is 7. The molecule has 0 saturated carbocycles. The van der Waals surface area contributed by atoms with Crippen molar-refractivity contribution in [3.8, 4) is 16.3 Å². The minimum Gasteiger partial charge on any atom is -0.491 e. The number of benzene rings is 2. The molecule has 33 heavy (non-hydrogen) atoms. The molecule has 3 aromatic rings. The first kappa shape index (κ1) is 22.1. The van der Waals surface area contributed by atoms with E-state index in [1.807, 2.05) is 47.4 Å². The molecule has 2 aromatic carbocycles. The van der Waals surface area contributed by atoms with Crippen LogP contribution < -0.4 is 4.74 Å². The number of ether oxygens (including phenoxy) is 2. The Bertz CT molecular complexity index is 1060. The fourth-order valence-corrected chi connectivity index (χ4v) is 5.11. The lowest BCUT2D eigenvalue weighted by Crippen LogP contribution is -2.48. The van der Waals surface area contributed by atoms with Crippen LogP contribution in [0.4, 0.5) is 0 Å². The summed E-state index contributed by atoms with van der Waals surface area (Å²) < 4.78 is 11.5. The van der Waals surface area contributed by atoms with Gasteiger partial charge in [0, 0.05) is 55.8 Å². The van der Waals surface area contributed by atoms with Crippen LogP contribution in [0.5, 0.6) is 5.75 Å². The van der Waals surface area contributed by atoms with E-state index < -0.39 is 0 Å². The van der Waals surface area contributed by atoms with Gasteiger partial charge < -0.3 is 14.4 Å². The van der Waals surface area contributed by atoms with Crippen LogP contribution in [0.15, 0.2) is 60.0 Å². The molecule has 5 rings (SSSR count). The number of aromatic nitrogens is 1. The molecule has 2 fully saturated rings. The monoisotopic (exact) mass is 463 g/mol. The van der Waals surface area contributed by atoms with Crippen LogP contribution in [0.3, 0.4) is 0 Å². The molecular formula is C26H29N3O3S. The Morgan fingerprint density at radius 1 is 1.09 bits per heavy atom. The molecule has 0 N–H and O–H groups in total. The largest absolute Gasteiger partial charge is 0.491 e. The van der Waals surface area contributed by atoms with Crippen LogP contribution in [-0.4, -0.2) is 66.2 Å². The van der Waals surface area contributed by atoms with Gasteiger partial charge in [-0.15, -0.1) is 11.3 Å². The summed E-state index contributed by atoms with van der Waals surface area (Å²) in [5.74, 6) is 0.796. The highest BCUT2D eigenvalue weighted by Gasteiger charge is 2.23. The summed E-state index contributed by atoms with van der Waals surface area (Å²) in [4.78, 5) is 22.2. The molecule has 6 nitrogen and oxygen atoms in total. The summed E-state index contributed by atoms with van der Waals surface area (Å²) in [6.45, 7) is 5.30. The number of nitrogens with zero attached hydrogens (tertiary/aromatic N) is 3. The molecule has 0 aliphatic carbocycles. The Balaban J connectivity index is 1.12. The van der Waals surface area contributed by atoms with E-state index >= 15 is 0 Å². The molecule has 0 radical (unpaired) electrons. The van der Waals surface area contributed by atoms with Gasteiger partial charge in [0.05, 0.1) is 11.8 Å². The summed E-state index contributed by atoms with van der Waals surface area (Å²) in [7, 11) is 0. The molecule has 0 unspecified atom stereocenters. The summed E-state index contributed by atoms with van der Waals surface area (Å²) in [6.07, 6.45) is 2.30. The first-order valence-corrected chi connectivity index (χ1v) is 12.5. The zero-order valence-corrected chi connectivity index (χ0v) is 19.5. The van der Waals surface area contributed by atoms with E-state index in [0.29, 0.717) is 12.2 Å². The molecule has 3 heterocycles. The number of carbonyl (C=O) groups excluding carboxylic acids is 1. The van der Waals surface area contributed by atoms with E-state index in [2.05, 4.69) is 22.4 Å². The molecule has 2 aliphatic rings. The van der Waals surface area contributed by atoms with Crippen LogP contribution in [0, 0.1) is 0 Å². The van der Waals surface area contributed by atoms with Gasteiger partial charge >= 0.3 is 0 Å². The van der Waals surface area contributed by atoms with Gasteiger partial charge in [-0.25, -0.2) is 4.98 Å². The third-order valence-electron chi connectivity index (χ3n) is 6.16. The summed E-state index contributed by atoms with van der Waals surface area (Å²) in [6, 6.07) is 17.8. The summed E-state index contributed by atoms with van der Waals surface area (Å²) in [5.41, 5.74) is 2.93. The van der Waals surface area contributed by atoms with Crippen molar-refractivity contribution < 1.29 is 14.3 Å². The van der Waals surface area contributed by atoms with E-state index in [4.69, 9.17) is 14.5 Å². The number of hydrogen-bond acceptors (Lipinski definition) is 6. The Kier molecular flexibility index (Phi) is 7.00. The zero-order chi connectivity index (χ0) is 22.5. The molecule has 0 spiro atoms. The third kappa shape index (κ3) is 5.61. The maximum absolute atomic E-state index is 13.1. The molecular weight excluding hydrogens is 434 g/mol. The SMILES string of the molecule is O=C(c1cccc(OC[C@H]2CCCO2)c1)N1CCN(Cc2csc(-c3ccccc3)n2)CC1. The predicted octanol–water partition coefficient (Wildman–Crippen LogP) is 4.33. The van der Waals surface area contributed by atoms with Gasteiger partial charge in [-0.3, -0.25) is 9.69 Å². The van der Waals surface area contributed by atoms with Crippen LogP contribution >= 0.6 is 11.3 Å². The molecule has 1 aromatic heterocycles. The molecule has 0 bridgehead atoms. The lowest BCUT2D eigenvalue weighted by molar-refractivity contribution is 0.0624. The highest BCUT2D eigenvalue weighted by molar-refractivity contribution is 7.13. The lowest BCUT2D eigenvalue weighted by atomic mass is 10.1. The fourth-order valence-electron chi connectivity index (χ4n) is 4.30. The van der Waals surface area contributed by atoms with Gasteiger partial charge in [-0.1, -0.05) is 36.4 Å². The molecule has 172 valence electrons. The zero-order valence-electron chi connectivity index (χ0n) is 18.7. The normalized spacial score (nSPS) is 19.0. The second-order valence-electron chi connectivity index (χ2n) is 8.55. The van der Waals surface area contributed by atoms with Gasteiger partial charge in [0.2, 0.25) is 0 Å². The van der Waals surface area contributed by atoms with Crippen molar-refractivity contribution in [2.75, 3.05) is 39.4 Å². The summed E-state index contributed by atoms with van der Waals surface area (Å²) in [5, 5.41) is 3.20. The Labute approximate surface area is 198 Å². The fraction of sp³-hybridized carbons (Fsp3) is 0.385. The molecule has 1 atom stereocenters. The first-order valence-electron chi connectivity index (χ1n) is 11.6. The maximum Gasteiger partial charge on any atom is 0.254 e. The molecule has 2 saturated heterocycles. The summed E-state index contributed by atoms with van der Waals surface area (Å²) >= 11 is 1.69. The first-order chi connectivity index (χ1) is 16.2. The van der Waals surface area contributed by atoms with Crippen molar-refractivity contribution in [2.45, 2.75) is 25.5 Å². The van der Waals surface area contributed by atoms with Gasteiger partial charge in [-0.2, -0.15) is 0 Å². The minimum absolute atomic E-state index is 0.0669. The second-order valence-corrected chi connectivity index (χ2v) is 9.41. The van der Waals surface area contributed by atoms with Gasteiger partial charge in [0.1, 0.15) is 17.4 Å². The Morgan fingerprint density at radius 2 is 1.94 bits per heavy atom. The number of thiazole rings is 1. The number of amides is 1. The van der Waals surface area contributed by atoms with Crippen molar-refractivity contribution in [1.82, 2.24) is 14.8 Å². The predicted molar refractivity (Wildman–Crippen MR) is 130 cm³/mol. The average Bonchev–Trinajstić information content (AvgIpc) is 3.56. The lowest BCUT2D eigenvalue weighted by Gasteiger charge is -2.34. The number of carbonyl (C=O) groups is 1. The highest BCUT2D eigenvalue weighted by Crippen LogP contribution is 2.24. The Hall–Kier alpha value is -2.74. The van der Waals surface area contributed by atoms with E-state index in [9.17, 15) is 4.79 Å². The quantitative estimate of drug-likeness (QED) is 0.522. The standard InChI is InChI=1S/C26H29N3O3S/c30-26(21-8-4-9-23(16-21)32-18-24-10-5-15-31-24)29-13-11-28(12-14-29)17-22-19-33-25(27-22)20-6-2-1-3-7-20/h1-4,6-9,16,19,24H,5,10-15,17-18H2/t24-/m1/s1.